The van der Waals surface area contributed by atoms with Gasteiger partial charge in [0.25, 0.3) is 11.8 Å². The molecule has 1 aromatic carbocycles. The zero-order valence-corrected chi connectivity index (χ0v) is 14.5. The molecule has 0 aliphatic heterocycles. The molecule has 2 N–H and O–H groups in total. The Kier molecular flexibility index (Phi) is 4.72. The van der Waals surface area contributed by atoms with Crippen LogP contribution >= 0.6 is 11.6 Å². The van der Waals surface area contributed by atoms with Gasteiger partial charge in [0.2, 0.25) is 0 Å². The number of fused-ring (bicyclic) bond motifs is 1. The zero-order chi connectivity index (χ0) is 18.0. The van der Waals surface area contributed by atoms with Gasteiger partial charge in [-0.05, 0) is 50.2 Å². The van der Waals surface area contributed by atoms with E-state index in [0.29, 0.717) is 16.2 Å². The highest BCUT2D eigenvalue weighted by molar-refractivity contribution is 6.30. The summed E-state index contributed by atoms with van der Waals surface area (Å²) in [5, 5.41) is 6.09. The van der Waals surface area contributed by atoms with Crippen LogP contribution in [0.3, 0.4) is 0 Å². The first-order valence-electron chi connectivity index (χ1n) is 7.80. The maximum Gasteiger partial charge on any atom is 0.272 e. The van der Waals surface area contributed by atoms with Gasteiger partial charge in [-0.2, -0.15) is 0 Å². The van der Waals surface area contributed by atoms with Gasteiger partial charge in [-0.15, -0.1) is 0 Å². The van der Waals surface area contributed by atoms with Crippen molar-refractivity contribution >= 4 is 34.9 Å². The molecule has 0 radical (unpaired) electrons. The van der Waals surface area contributed by atoms with E-state index >= 15 is 0 Å². The number of carbonyl (C=O) groups is 2. The lowest BCUT2D eigenvalue weighted by Gasteiger charge is -2.10. The summed E-state index contributed by atoms with van der Waals surface area (Å²) in [7, 11) is 0. The van der Waals surface area contributed by atoms with Gasteiger partial charge in [-0.1, -0.05) is 17.7 Å². The Morgan fingerprint density at radius 1 is 1.08 bits per heavy atom. The minimum absolute atomic E-state index is 0.0402. The maximum absolute atomic E-state index is 12.6. The molecule has 0 saturated heterocycles. The lowest BCUT2D eigenvalue weighted by Crippen LogP contribution is -2.32. The number of hydrogen-bond acceptors (Lipinski definition) is 3. The van der Waals surface area contributed by atoms with E-state index in [-0.39, 0.29) is 29.4 Å². The summed E-state index contributed by atoms with van der Waals surface area (Å²) in [5.41, 5.74) is 1.28. The predicted molar refractivity (Wildman–Crippen MR) is 97.2 cm³/mol. The van der Waals surface area contributed by atoms with Crippen LogP contribution in [-0.4, -0.2) is 27.2 Å². The van der Waals surface area contributed by atoms with Gasteiger partial charge in [-0.25, -0.2) is 4.98 Å². The van der Waals surface area contributed by atoms with Gasteiger partial charge in [0.15, 0.2) is 11.5 Å². The lowest BCUT2D eigenvalue weighted by atomic mass is 10.2. The molecule has 3 aromatic rings. The van der Waals surface area contributed by atoms with Crippen LogP contribution in [0.25, 0.3) is 5.65 Å². The average molecular weight is 357 g/mol. The number of carbonyl (C=O) groups excluding carboxylic acids is 2. The summed E-state index contributed by atoms with van der Waals surface area (Å²) in [6, 6.07) is 11.8. The number of imidazole rings is 1. The molecule has 6 nitrogen and oxygen atoms in total. The first-order valence-corrected chi connectivity index (χ1v) is 8.18. The number of benzene rings is 1. The average Bonchev–Trinajstić information content (AvgIpc) is 2.92. The van der Waals surface area contributed by atoms with Crippen molar-refractivity contribution in [2.45, 2.75) is 19.9 Å². The van der Waals surface area contributed by atoms with Crippen LogP contribution in [-0.2, 0) is 0 Å². The number of hydrogen-bond donors (Lipinski definition) is 2. The lowest BCUT2D eigenvalue weighted by molar-refractivity contribution is 0.0938. The number of nitrogens with zero attached hydrogens (tertiary/aromatic N) is 2. The third-order valence-corrected chi connectivity index (χ3v) is 3.76. The Hall–Kier alpha value is -2.86. The van der Waals surface area contributed by atoms with E-state index in [4.69, 9.17) is 11.6 Å². The van der Waals surface area contributed by atoms with Crippen LogP contribution in [0.15, 0.2) is 48.7 Å². The second-order valence-corrected chi connectivity index (χ2v) is 6.26. The molecule has 7 heteroatoms. The van der Waals surface area contributed by atoms with Crippen LogP contribution < -0.4 is 10.6 Å². The minimum atomic E-state index is -0.362. The van der Waals surface area contributed by atoms with E-state index in [0.717, 1.165) is 0 Å². The number of pyridine rings is 1. The van der Waals surface area contributed by atoms with E-state index in [2.05, 4.69) is 15.6 Å². The summed E-state index contributed by atoms with van der Waals surface area (Å²) in [6.07, 6.45) is 1.73. The Balaban J connectivity index is 1.98. The fourth-order valence-electron chi connectivity index (χ4n) is 2.41. The molecule has 0 spiro atoms. The topological polar surface area (TPSA) is 75.5 Å². The Bertz CT molecular complexity index is 932. The van der Waals surface area contributed by atoms with Gasteiger partial charge in [0.1, 0.15) is 5.65 Å². The molecule has 0 aliphatic carbocycles. The van der Waals surface area contributed by atoms with Crippen molar-refractivity contribution in [3.8, 4) is 0 Å². The normalized spacial score (nSPS) is 10.9. The molecule has 0 saturated carbocycles. The molecule has 2 aromatic heterocycles. The molecule has 0 aliphatic rings. The van der Waals surface area contributed by atoms with Crippen LogP contribution in [0.1, 0.15) is 34.7 Å². The van der Waals surface area contributed by atoms with Gasteiger partial charge in [0.05, 0.1) is 0 Å². The molecule has 3 rings (SSSR count). The quantitative estimate of drug-likeness (QED) is 0.752. The molecule has 0 atom stereocenters. The van der Waals surface area contributed by atoms with Crippen LogP contribution in [0.2, 0.25) is 5.02 Å². The smallest absolute Gasteiger partial charge is 0.272 e. The Morgan fingerprint density at radius 3 is 2.48 bits per heavy atom. The third-order valence-electron chi connectivity index (χ3n) is 3.50. The monoisotopic (exact) mass is 356 g/mol. The van der Waals surface area contributed by atoms with E-state index in [1.807, 2.05) is 19.9 Å². The van der Waals surface area contributed by atoms with E-state index in [9.17, 15) is 9.59 Å². The Morgan fingerprint density at radius 2 is 1.80 bits per heavy atom. The van der Waals surface area contributed by atoms with E-state index in [1.54, 1.807) is 47.0 Å². The number of amides is 2. The van der Waals surface area contributed by atoms with Crippen LogP contribution in [0.5, 0.6) is 0 Å². The Labute approximate surface area is 149 Å². The summed E-state index contributed by atoms with van der Waals surface area (Å²) < 4.78 is 1.65. The van der Waals surface area contributed by atoms with Crippen molar-refractivity contribution in [2.24, 2.45) is 0 Å². The van der Waals surface area contributed by atoms with Crippen molar-refractivity contribution in [1.29, 1.82) is 0 Å². The molecule has 0 fully saturated rings. The van der Waals surface area contributed by atoms with Gasteiger partial charge < -0.3 is 10.6 Å². The number of anilines is 1. The number of aromatic nitrogens is 2. The predicted octanol–water partition coefficient (Wildman–Crippen LogP) is 3.38. The summed E-state index contributed by atoms with van der Waals surface area (Å²) in [5.74, 6) is -0.455. The molecule has 0 bridgehead atoms. The van der Waals surface area contributed by atoms with Crippen molar-refractivity contribution in [3.63, 3.8) is 0 Å². The molecule has 25 heavy (non-hydrogen) atoms. The first-order chi connectivity index (χ1) is 12.0. The molecule has 2 heterocycles. The van der Waals surface area contributed by atoms with Crippen LogP contribution in [0.4, 0.5) is 5.82 Å². The van der Waals surface area contributed by atoms with Gasteiger partial charge in [0, 0.05) is 22.8 Å². The number of rotatable bonds is 4. The third kappa shape index (κ3) is 3.64. The SMILES string of the molecule is CC(C)NC(=O)c1c(NC(=O)c2ccc(Cl)cc2)nc2ccccn12. The summed E-state index contributed by atoms with van der Waals surface area (Å²) in [6.45, 7) is 3.74. The van der Waals surface area contributed by atoms with Gasteiger partial charge in [-0.3, -0.25) is 14.0 Å². The van der Waals surface area contributed by atoms with Crippen molar-refractivity contribution < 1.29 is 9.59 Å². The van der Waals surface area contributed by atoms with E-state index < -0.39 is 0 Å². The van der Waals surface area contributed by atoms with Gasteiger partial charge >= 0.3 is 0 Å². The minimum Gasteiger partial charge on any atom is -0.348 e. The standard InChI is InChI=1S/C18H17ClN4O2/c1-11(2)20-18(25)15-16(21-14-5-3-4-10-23(14)15)22-17(24)12-6-8-13(19)9-7-12/h3-11H,1-2H3,(H,20,25)(H,22,24). The second-order valence-electron chi connectivity index (χ2n) is 5.83. The molecular weight excluding hydrogens is 340 g/mol. The highest BCUT2D eigenvalue weighted by Gasteiger charge is 2.21. The molecule has 2 amide bonds. The van der Waals surface area contributed by atoms with Crippen molar-refractivity contribution in [2.75, 3.05) is 5.32 Å². The summed E-state index contributed by atoms with van der Waals surface area (Å²) >= 11 is 5.84. The number of halogens is 1. The molecule has 128 valence electrons. The van der Waals surface area contributed by atoms with E-state index in [1.165, 1.54) is 0 Å². The maximum atomic E-state index is 12.6. The fraction of sp³-hybridized carbons (Fsp3) is 0.167. The first kappa shape index (κ1) is 17.0. The van der Waals surface area contributed by atoms with Crippen molar-refractivity contribution in [1.82, 2.24) is 14.7 Å². The molecule has 0 unspecified atom stereocenters. The molecular formula is C18H17ClN4O2. The highest BCUT2D eigenvalue weighted by atomic mass is 35.5. The fourth-order valence-corrected chi connectivity index (χ4v) is 2.54. The number of nitrogens with one attached hydrogen (secondary N) is 2. The largest absolute Gasteiger partial charge is 0.348 e. The highest BCUT2D eigenvalue weighted by Crippen LogP contribution is 2.19. The van der Waals surface area contributed by atoms with Crippen LogP contribution in [0, 0.1) is 0 Å². The van der Waals surface area contributed by atoms with Crippen molar-refractivity contribution in [3.05, 3.63) is 64.9 Å². The summed E-state index contributed by atoms with van der Waals surface area (Å²) in [4.78, 5) is 29.4. The zero-order valence-electron chi connectivity index (χ0n) is 13.8. The second kappa shape index (κ2) is 6.94.